The molecule has 0 spiro atoms. The first-order valence-electron chi connectivity index (χ1n) is 7.94. The van der Waals surface area contributed by atoms with E-state index in [1.54, 1.807) is 0 Å². The molecule has 2 aliphatic rings. The summed E-state index contributed by atoms with van der Waals surface area (Å²) in [5.41, 5.74) is 0. The molecule has 2 aliphatic heterocycles. The molecular weight excluding hydrogens is 387 g/mol. The van der Waals surface area contributed by atoms with E-state index in [4.69, 9.17) is 9.72 Å². The molecule has 0 aromatic carbocycles. The normalized spacial score (nSPS) is 19.8. The van der Waals surface area contributed by atoms with Crippen molar-refractivity contribution < 1.29 is 9.53 Å². The fourth-order valence-electron chi connectivity index (χ4n) is 2.80. The van der Waals surface area contributed by atoms with Crippen molar-refractivity contribution in [2.45, 2.75) is 27.7 Å². The van der Waals surface area contributed by atoms with Crippen molar-refractivity contribution in [3.8, 4) is 0 Å². The predicted molar refractivity (Wildman–Crippen MR) is 89.4 cm³/mol. The number of fused-ring (bicyclic) bond motifs is 1. The number of anilines is 2. The Hall–Kier alpha value is -0.891. The standard InChI is InChI=1S/C12H15N4O2.3CH3.Sn/c17-10-7-15-11-12(14-4-3-13-11)16(10)8-9-1-5-18-6-2-9;;;;/h3,9H,1-2,5-8H2,(H,13,15);3*1H3;. The third-order valence-corrected chi connectivity index (χ3v) is 9.34. The summed E-state index contributed by atoms with van der Waals surface area (Å²) in [5, 5.41) is 3.09. The summed E-state index contributed by atoms with van der Waals surface area (Å²) in [5.74, 6) is 2.06. The van der Waals surface area contributed by atoms with Gasteiger partial charge in [-0.15, -0.1) is 0 Å². The first kappa shape index (κ1) is 16.0. The van der Waals surface area contributed by atoms with E-state index >= 15 is 0 Å². The van der Waals surface area contributed by atoms with Crippen LogP contribution in [-0.2, 0) is 9.53 Å². The summed E-state index contributed by atoms with van der Waals surface area (Å²) >= 11 is -2.31. The third kappa shape index (κ3) is 3.37. The van der Waals surface area contributed by atoms with Crippen molar-refractivity contribution in [3.05, 3.63) is 6.20 Å². The zero-order valence-electron chi connectivity index (χ0n) is 13.6. The SMILES string of the molecule is [CH3][Sn]([CH3])([CH3])[c]1cnc2c(n1)N(CC1CCOCC1)C(=O)CN2. The van der Waals surface area contributed by atoms with E-state index in [1.807, 2.05) is 11.1 Å². The number of carbonyl (C=O) groups is 1. The van der Waals surface area contributed by atoms with Crippen molar-refractivity contribution >= 4 is 39.6 Å². The number of ether oxygens (including phenoxy) is 1. The molecule has 0 unspecified atom stereocenters. The molecule has 22 heavy (non-hydrogen) atoms. The second kappa shape index (κ2) is 6.31. The van der Waals surface area contributed by atoms with Gasteiger partial charge in [0.15, 0.2) is 0 Å². The van der Waals surface area contributed by atoms with Gasteiger partial charge in [0, 0.05) is 0 Å². The van der Waals surface area contributed by atoms with Crippen LogP contribution in [0.4, 0.5) is 11.6 Å². The molecule has 1 fully saturated rings. The number of nitrogens with zero attached hydrogens (tertiary/aromatic N) is 3. The number of carbonyl (C=O) groups excluding carboxylic acids is 1. The molecule has 1 N–H and O–H groups in total. The molecule has 0 bridgehead atoms. The van der Waals surface area contributed by atoms with Crippen LogP contribution in [0.5, 0.6) is 0 Å². The van der Waals surface area contributed by atoms with Gasteiger partial charge in [0.2, 0.25) is 0 Å². The van der Waals surface area contributed by atoms with E-state index < -0.39 is 18.4 Å². The Kier molecular flexibility index (Phi) is 4.59. The predicted octanol–water partition coefficient (Wildman–Crippen LogP) is 1.21. The topological polar surface area (TPSA) is 67.3 Å². The summed E-state index contributed by atoms with van der Waals surface area (Å²) in [6.07, 6.45) is 3.92. The van der Waals surface area contributed by atoms with Crippen LogP contribution in [0.25, 0.3) is 0 Å². The van der Waals surface area contributed by atoms with Crippen LogP contribution in [0, 0.1) is 5.92 Å². The van der Waals surface area contributed by atoms with Crippen LogP contribution in [0.15, 0.2) is 6.20 Å². The van der Waals surface area contributed by atoms with Crippen LogP contribution in [-0.4, -0.2) is 60.6 Å². The first-order chi connectivity index (χ1) is 10.4. The molecular formula is C15H24N4O2Sn. The zero-order valence-corrected chi connectivity index (χ0v) is 16.4. The number of rotatable bonds is 3. The van der Waals surface area contributed by atoms with Gasteiger partial charge in [-0.25, -0.2) is 0 Å². The van der Waals surface area contributed by atoms with Crippen LogP contribution < -0.4 is 13.9 Å². The van der Waals surface area contributed by atoms with Gasteiger partial charge in [-0.3, -0.25) is 0 Å². The average molecular weight is 411 g/mol. The molecule has 120 valence electrons. The Morgan fingerprint density at radius 2 is 2.09 bits per heavy atom. The van der Waals surface area contributed by atoms with E-state index in [0.29, 0.717) is 12.5 Å². The van der Waals surface area contributed by atoms with E-state index in [0.717, 1.165) is 47.9 Å². The second-order valence-corrected chi connectivity index (χ2v) is 21.4. The number of hydrogen-bond acceptors (Lipinski definition) is 5. The van der Waals surface area contributed by atoms with E-state index in [-0.39, 0.29) is 5.91 Å². The fraction of sp³-hybridized carbons (Fsp3) is 0.667. The van der Waals surface area contributed by atoms with E-state index in [1.165, 1.54) is 0 Å². The van der Waals surface area contributed by atoms with Gasteiger partial charge in [0.25, 0.3) is 0 Å². The van der Waals surface area contributed by atoms with Crippen molar-refractivity contribution in [2.24, 2.45) is 5.92 Å². The maximum absolute atomic E-state index is 12.4. The average Bonchev–Trinajstić information content (AvgIpc) is 2.50. The maximum atomic E-state index is 12.4. The first-order valence-corrected chi connectivity index (χ1v) is 17.9. The molecule has 7 heteroatoms. The monoisotopic (exact) mass is 412 g/mol. The van der Waals surface area contributed by atoms with Gasteiger partial charge in [0.05, 0.1) is 0 Å². The quantitative estimate of drug-likeness (QED) is 0.758. The van der Waals surface area contributed by atoms with Gasteiger partial charge in [0.1, 0.15) is 0 Å². The summed E-state index contributed by atoms with van der Waals surface area (Å²) in [6.45, 7) is 2.63. The Morgan fingerprint density at radius 3 is 2.77 bits per heavy atom. The van der Waals surface area contributed by atoms with Crippen LogP contribution >= 0.6 is 0 Å². The summed E-state index contributed by atoms with van der Waals surface area (Å²) in [7, 11) is 0. The van der Waals surface area contributed by atoms with Crippen molar-refractivity contribution in [1.82, 2.24) is 9.97 Å². The summed E-state index contributed by atoms with van der Waals surface area (Å²) in [6, 6.07) is 0. The second-order valence-electron chi connectivity index (χ2n) is 7.09. The molecule has 3 heterocycles. The Balaban J connectivity index is 1.89. The Morgan fingerprint density at radius 1 is 1.36 bits per heavy atom. The van der Waals surface area contributed by atoms with Crippen molar-refractivity contribution in [3.63, 3.8) is 0 Å². The summed E-state index contributed by atoms with van der Waals surface area (Å²) < 4.78 is 6.53. The van der Waals surface area contributed by atoms with E-state index in [2.05, 4.69) is 25.1 Å². The van der Waals surface area contributed by atoms with Gasteiger partial charge in [-0.2, -0.15) is 0 Å². The molecule has 1 saturated heterocycles. The molecule has 1 aromatic heterocycles. The molecule has 0 saturated carbocycles. The molecule has 0 atom stereocenters. The third-order valence-electron chi connectivity index (χ3n) is 4.27. The number of nitrogens with one attached hydrogen (secondary N) is 1. The molecule has 0 aliphatic carbocycles. The van der Waals surface area contributed by atoms with Crippen LogP contribution in [0.3, 0.4) is 0 Å². The Bertz CT molecular complexity index is 567. The minimum atomic E-state index is -2.31. The summed E-state index contributed by atoms with van der Waals surface area (Å²) in [4.78, 5) is 30.5. The van der Waals surface area contributed by atoms with Crippen LogP contribution in [0.1, 0.15) is 12.8 Å². The Labute approximate surface area is 135 Å². The molecule has 0 radical (unpaired) electrons. The number of hydrogen-bond donors (Lipinski definition) is 1. The van der Waals surface area contributed by atoms with Gasteiger partial charge in [-0.1, -0.05) is 0 Å². The molecule has 1 aromatic rings. The fourth-order valence-corrected chi connectivity index (χ4v) is 5.35. The van der Waals surface area contributed by atoms with Crippen LogP contribution in [0.2, 0.25) is 14.8 Å². The molecule has 1 amide bonds. The van der Waals surface area contributed by atoms with Crippen molar-refractivity contribution in [2.75, 3.05) is 36.5 Å². The van der Waals surface area contributed by atoms with E-state index in [9.17, 15) is 4.79 Å². The molecule has 3 rings (SSSR count). The molecule has 6 nitrogen and oxygen atoms in total. The number of amides is 1. The minimum absolute atomic E-state index is 0.0922. The van der Waals surface area contributed by atoms with Gasteiger partial charge < -0.3 is 0 Å². The van der Waals surface area contributed by atoms with Gasteiger partial charge >= 0.3 is 135 Å². The zero-order chi connectivity index (χ0) is 15.7. The van der Waals surface area contributed by atoms with Crippen molar-refractivity contribution in [1.29, 1.82) is 0 Å². The number of aromatic nitrogens is 2. The van der Waals surface area contributed by atoms with Gasteiger partial charge in [-0.05, 0) is 0 Å².